The van der Waals surface area contributed by atoms with Gasteiger partial charge in [0.25, 0.3) is 0 Å². The van der Waals surface area contributed by atoms with Crippen LogP contribution in [0.4, 0.5) is 0 Å². The van der Waals surface area contributed by atoms with Gasteiger partial charge in [0.15, 0.2) is 5.11 Å². The van der Waals surface area contributed by atoms with Crippen molar-refractivity contribution in [3.63, 3.8) is 0 Å². The minimum Gasteiger partial charge on any atom is -0.507 e. The van der Waals surface area contributed by atoms with Crippen molar-refractivity contribution >= 4 is 23.5 Å². The first-order chi connectivity index (χ1) is 10.7. The topological polar surface area (TPSA) is 56.7 Å². The summed E-state index contributed by atoms with van der Waals surface area (Å²) in [5.74, 6) is 0.191. The van der Waals surface area contributed by atoms with E-state index < -0.39 is 0 Å². The monoisotopic (exact) mass is 311 g/mol. The lowest BCUT2D eigenvalue weighted by atomic mass is 10.1. The highest BCUT2D eigenvalue weighted by Gasteiger charge is 2.21. The predicted octanol–water partition coefficient (Wildman–Crippen LogP) is 2.88. The molecule has 3 rings (SSSR count). The molecule has 0 amide bonds. The SMILES string of the molecule is Oc1ccccc1/C=N/NC(=S)N[C@H]1CCc2ccccc21. The fraction of sp³-hybridized carbons (Fsp3) is 0.176. The Morgan fingerprint density at radius 2 is 1.95 bits per heavy atom. The molecule has 2 aromatic rings. The number of hydrogen-bond donors (Lipinski definition) is 3. The Morgan fingerprint density at radius 1 is 1.18 bits per heavy atom. The third kappa shape index (κ3) is 3.26. The van der Waals surface area contributed by atoms with Crippen LogP contribution in [0.3, 0.4) is 0 Å². The predicted molar refractivity (Wildman–Crippen MR) is 92.1 cm³/mol. The Hall–Kier alpha value is -2.40. The second-order valence-corrected chi connectivity index (χ2v) is 5.60. The van der Waals surface area contributed by atoms with E-state index in [1.807, 2.05) is 12.1 Å². The van der Waals surface area contributed by atoms with Crippen molar-refractivity contribution in [1.82, 2.24) is 10.7 Å². The number of hydrazone groups is 1. The van der Waals surface area contributed by atoms with E-state index in [-0.39, 0.29) is 11.8 Å². The average Bonchev–Trinajstić information content (AvgIpc) is 2.92. The highest BCUT2D eigenvalue weighted by molar-refractivity contribution is 7.80. The van der Waals surface area contributed by atoms with E-state index in [4.69, 9.17) is 12.2 Å². The van der Waals surface area contributed by atoms with E-state index in [2.05, 4.69) is 34.0 Å². The number of aromatic hydroxyl groups is 1. The number of para-hydroxylation sites is 1. The minimum atomic E-state index is 0.191. The molecule has 22 heavy (non-hydrogen) atoms. The van der Waals surface area contributed by atoms with Gasteiger partial charge >= 0.3 is 0 Å². The van der Waals surface area contributed by atoms with Crippen LogP contribution < -0.4 is 10.7 Å². The van der Waals surface area contributed by atoms with Gasteiger partial charge in [-0.15, -0.1) is 0 Å². The molecule has 1 aliphatic rings. The fourth-order valence-electron chi connectivity index (χ4n) is 2.65. The molecular weight excluding hydrogens is 294 g/mol. The molecule has 5 heteroatoms. The third-order valence-corrected chi connectivity index (χ3v) is 3.95. The van der Waals surface area contributed by atoms with Gasteiger partial charge in [0, 0.05) is 5.56 Å². The van der Waals surface area contributed by atoms with Crippen LogP contribution in [0.5, 0.6) is 5.75 Å². The molecule has 112 valence electrons. The van der Waals surface area contributed by atoms with Crippen molar-refractivity contribution in [3.8, 4) is 5.75 Å². The van der Waals surface area contributed by atoms with Gasteiger partial charge in [-0.1, -0.05) is 36.4 Å². The zero-order chi connectivity index (χ0) is 15.4. The number of aryl methyl sites for hydroxylation is 1. The first kappa shape index (κ1) is 14.5. The van der Waals surface area contributed by atoms with Crippen LogP contribution in [0.15, 0.2) is 53.6 Å². The van der Waals surface area contributed by atoms with Gasteiger partial charge in [-0.05, 0) is 48.3 Å². The molecule has 0 bridgehead atoms. The molecule has 1 aliphatic carbocycles. The van der Waals surface area contributed by atoms with Gasteiger partial charge in [-0.25, -0.2) is 0 Å². The fourth-order valence-corrected chi connectivity index (χ4v) is 2.85. The molecule has 0 aromatic heterocycles. The van der Waals surface area contributed by atoms with Crippen LogP contribution in [0.2, 0.25) is 0 Å². The van der Waals surface area contributed by atoms with Crippen LogP contribution >= 0.6 is 12.2 Å². The Morgan fingerprint density at radius 3 is 2.82 bits per heavy atom. The molecule has 0 unspecified atom stereocenters. The number of fused-ring (bicyclic) bond motifs is 1. The largest absolute Gasteiger partial charge is 0.507 e. The Bertz CT molecular complexity index is 715. The summed E-state index contributed by atoms with van der Waals surface area (Å²) in [5, 5.41) is 17.5. The summed E-state index contributed by atoms with van der Waals surface area (Å²) in [7, 11) is 0. The molecule has 4 nitrogen and oxygen atoms in total. The lowest BCUT2D eigenvalue weighted by Gasteiger charge is -2.15. The molecule has 0 fully saturated rings. The van der Waals surface area contributed by atoms with Crippen LogP contribution in [0.25, 0.3) is 0 Å². The van der Waals surface area contributed by atoms with Crippen LogP contribution in [0.1, 0.15) is 29.2 Å². The van der Waals surface area contributed by atoms with Gasteiger partial charge in [-0.3, -0.25) is 5.43 Å². The molecule has 0 aliphatic heterocycles. The molecule has 2 aromatic carbocycles. The summed E-state index contributed by atoms with van der Waals surface area (Å²) < 4.78 is 0. The number of thiocarbonyl (C=S) groups is 1. The van der Waals surface area contributed by atoms with Crippen LogP contribution in [-0.4, -0.2) is 16.4 Å². The van der Waals surface area contributed by atoms with Crippen molar-refractivity contribution in [2.24, 2.45) is 5.10 Å². The van der Waals surface area contributed by atoms with E-state index in [0.717, 1.165) is 12.8 Å². The Kier molecular flexibility index (Phi) is 4.34. The smallest absolute Gasteiger partial charge is 0.187 e. The molecular formula is C17H17N3OS. The van der Waals surface area contributed by atoms with Crippen molar-refractivity contribution in [3.05, 3.63) is 65.2 Å². The average molecular weight is 311 g/mol. The number of nitrogens with zero attached hydrogens (tertiary/aromatic N) is 1. The summed E-state index contributed by atoms with van der Waals surface area (Å²) in [6.07, 6.45) is 3.65. The highest BCUT2D eigenvalue weighted by Crippen LogP contribution is 2.30. The summed E-state index contributed by atoms with van der Waals surface area (Å²) in [6, 6.07) is 15.6. The summed E-state index contributed by atoms with van der Waals surface area (Å²) in [6.45, 7) is 0. The zero-order valence-corrected chi connectivity index (χ0v) is 12.8. The number of hydrogen-bond acceptors (Lipinski definition) is 3. The molecule has 1 atom stereocenters. The molecule has 0 spiro atoms. The first-order valence-corrected chi connectivity index (χ1v) is 7.60. The Labute approximate surface area is 134 Å². The van der Waals surface area contributed by atoms with Gasteiger partial charge in [0.05, 0.1) is 12.3 Å². The number of nitrogens with one attached hydrogen (secondary N) is 2. The number of benzene rings is 2. The normalized spacial score (nSPS) is 16.5. The van der Waals surface area contributed by atoms with E-state index in [9.17, 15) is 5.11 Å². The maximum absolute atomic E-state index is 9.65. The van der Waals surface area contributed by atoms with Gasteiger partial charge < -0.3 is 10.4 Å². The van der Waals surface area contributed by atoms with Crippen molar-refractivity contribution in [2.75, 3.05) is 0 Å². The quantitative estimate of drug-likeness (QED) is 0.463. The number of phenols is 1. The lowest BCUT2D eigenvalue weighted by molar-refractivity contribution is 0.474. The zero-order valence-electron chi connectivity index (χ0n) is 12.0. The van der Waals surface area contributed by atoms with E-state index in [1.165, 1.54) is 11.1 Å². The van der Waals surface area contributed by atoms with E-state index in [1.54, 1.807) is 24.4 Å². The summed E-state index contributed by atoms with van der Waals surface area (Å²) in [5.41, 5.74) is 6.11. The maximum atomic E-state index is 9.65. The van der Waals surface area contributed by atoms with Crippen molar-refractivity contribution in [2.45, 2.75) is 18.9 Å². The third-order valence-electron chi connectivity index (χ3n) is 3.74. The van der Waals surface area contributed by atoms with Gasteiger partial charge in [-0.2, -0.15) is 5.10 Å². The molecule has 0 saturated carbocycles. The van der Waals surface area contributed by atoms with E-state index >= 15 is 0 Å². The number of rotatable bonds is 3. The Balaban J connectivity index is 1.57. The van der Waals surface area contributed by atoms with Crippen molar-refractivity contribution in [1.29, 1.82) is 0 Å². The first-order valence-electron chi connectivity index (χ1n) is 7.19. The second kappa shape index (κ2) is 6.58. The summed E-state index contributed by atoms with van der Waals surface area (Å²) >= 11 is 5.27. The molecule has 0 saturated heterocycles. The molecule has 0 heterocycles. The van der Waals surface area contributed by atoms with Crippen LogP contribution in [0, 0.1) is 0 Å². The standard InChI is InChI=1S/C17H17N3OS/c21-16-8-4-2-6-13(16)11-18-20-17(22)19-15-10-9-12-5-1-3-7-14(12)15/h1-8,11,15,21H,9-10H2,(H2,19,20,22)/b18-11+/t15-/m0/s1. The molecule has 0 radical (unpaired) electrons. The highest BCUT2D eigenvalue weighted by atomic mass is 32.1. The van der Waals surface area contributed by atoms with Crippen molar-refractivity contribution < 1.29 is 5.11 Å². The minimum absolute atomic E-state index is 0.191. The maximum Gasteiger partial charge on any atom is 0.187 e. The molecule has 3 N–H and O–H groups in total. The van der Waals surface area contributed by atoms with Gasteiger partial charge in [0.2, 0.25) is 0 Å². The van der Waals surface area contributed by atoms with Crippen LogP contribution in [-0.2, 0) is 6.42 Å². The second-order valence-electron chi connectivity index (χ2n) is 5.19. The lowest BCUT2D eigenvalue weighted by Crippen LogP contribution is -2.34. The van der Waals surface area contributed by atoms with Gasteiger partial charge in [0.1, 0.15) is 5.75 Å². The van der Waals surface area contributed by atoms with E-state index in [0.29, 0.717) is 10.7 Å². The number of phenolic OH excluding ortho intramolecular Hbond substituents is 1. The summed E-state index contributed by atoms with van der Waals surface area (Å²) in [4.78, 5) is 0.